The van der Waals surface area contributed by atoms with Gasteiger partial charge >= 0.3 is 0 Å². The van der Waals surface area contributed by atoms with Crippen LogP contribution in [0.15, 0.2) is 30.3 Å². The normalized spacial score (nSPS) is 16.7. The molecule has 0 unspecified atom stereocenters. The molecule has 0 N–H and O–H groups in total. The van der Waals surface area contributed by atoms with Gasteiger partial charge in [0.05, 0.1) is 6.54 Å². The van der Waals surface area contributed by atoms with Crippen LogP contribution in [0.2, 0.25) is 0 Å². The first-order valence-corrected chi connectivity index (χ1v) is 5.82. The van der Waals surface area contributed by atoms with Crippen LogP contribution in [0.1, 0.15) is 6.92 Å². The second kappa shape index (κ2) is 5.58. The maximum Gasteiger partial charge on any atom is 0.0602 e. The lowest BCUT2D eigenvalue weighted by atomic mass is 10.2. The molecule has 1 aromatic carbocycles. The predicted molar refractivity (Wildman–Crippen MR) is 68.5 cm³/mol. The third-order valence-electron chi connectivity index (χ3n) is 2.97. The maximum atomic E-state index is 3.13. The third kappa shape index (κ3) is 2.77. The molecule has 0 saturated carbocycles. The summed E-state index contributed by atoms with van der Waals surface area (Å²) in [5.74, 6) is 6.08. The molecule has 0 spiro atoms. The number of hydrogen-bond acceptors (Lipinski definition) is 2. The summed E-state index contributed by atoms with van der Waals surface area (Å²) in [6, 6.07) is 10.6. The highest BCUT2D eigenvalue weighted by atomic mass is 15.3. The largest absolute Gasteiger partial charge is 0.369 e. The highest BCUT2D eigenvalue weighted by Gasteiger charge is 2.15. The van der Waals surface area contributed by atoms with Crippen LogP contribution in [-0.4, -0.2) is 37.6 Å². The Bertz CT molecular complexity index is 367. The molecule has 84 valence electrons. The van der Waals surface area contributed by atoms with Gasteiger partial charge in [0.1, 0.15) is 0 Å². The molecule has 0 aliphatic carbocycles. The summed E-state index contributed by atoms with van der Waals surface area (Å²) in [5, 5.41) is 0. The van der Waals surface area contributed by atoms with Crippen LogP contribution in [-0.2, 0) is 0 Å². The van der Waals surface area contributed by atoms with E-state index in [1.54, 1.807) is 0 Å². The molecule has 0 radical (unpaired) electrons. The Balaban J connectivity index is 1.87. The Morgan fingerprint density at radius 3 is 2.38 bits per heavy atom. The second-order valence-corrected chi connectivity index (χ2v) is 4.03. The van der Waals surface area contributed by atoms with Crippen molar-refractivity contribution in [1.82, 2.24) is 4.90 Å². The first kappa shape index (κ1) is 11.0. The van der Waals surface area contributed by atoms with Crippen LogP contribution in [0, 0.1) is 11.8 Å². The zero-order valence-electron chi connectivity index (χ0n) is 9.82. The van der Waals surface area contributed by atoms with Crippen molar-refractivity contribution in [3.05, 3.63) is 30.3 Å². The minimum absolute atomic E-state index is 0.916. The van der Waals surface area contributed by atoms with Crippen LogP contribution >= 0.6 is 0 Å². The van der Waals surface area contributed by atoms with E-state index in [9.17, 15) is 0 Å². The lowest BCUT2D eigenvalue weighted by Crippen LogP contribution is -2.46. The average molecular weight is 214 g/mol. The van der Waals surface area contributed by atoms with E-state index in [1.807, 2.05) is 6.92 Å². The SMILES string of the molecule is CC#CCN1CCN(c2ccccc2)CC1. The van der Waals surface area contributed by atoms with E-state index in [0.717, 1.165) is 32.7 Å². The van der Waals surface area contributed by atoms with E-state index in [0.29, 0.717) is 0 Å². The van der Waals surface area contributed by atoms with Crippen LogP contribution in [0.5, 0.6) is 0 Å². The summed E-state index contributed by atoms with van der Waals surface area (Å²) in [4.78, 5) is 4.85. The Labute approximate surface area is 97.9 Å². The van der Waals surface area contributed by atoms with Crippen molar-refractivity contribution in [2.45, 2.75) is 6.92 Å². The average Bonchev–Trinajstić information content (AvgIpc) is 2.38. The first-order valence-electron chi connectivity index (χ1n) is 5.82. The molecule has 2 nitrogen and oxygen atoms in total. The molecule has 1 aliphatic rings. The van der Waals surface area contributed by atoms with Crippen molar-refractivity contribution < 1.29 is 0 Å². The quantitative estimate of drug-likeness (QED) is 0.693. The van der Waals surface area contributed by atoms with E-state index in [4.69, 9.17) is 0 Å². The van der Waals surface area contributed by atoms with E-state index in [-0.39, 0.29) is 0 Å². The second-order valence-electron chi connectivity index (χ2n) is 4.03. The fourth-order valence-corrected chi connectivity index (χ4v) is 1.99. The van der Waals surface area contributed by atoms with Gasteiger partial charge in [-0.2, -0.15) is 0 Å². The number of para-hydroxylation sites is 1. The van der Waals surface area contributed by atoms with Crippen LogP contribution in [0.25, 0.3) is 0 Å². The van der Waals surface area contributed by atoms with Gasteiger partial charge in [-0.1, -0.05) is 24.1 Å². The Kier molecular flexibility index (Phi) is 3.85. The van der Waals surface area contributed by atoms with Crippen molar-refractivity contribution in [2.75, 3.05) is 37.6 Å². The Morgan fingerprint density at radius 2 is 1.75 bits per heavy atom. The molecule has 0 bridgehead atoms. The van der Waals surface area contributed by atoms with Gasteiger partial charge in [-0.25, -0.2) is 0 Å². The molecule has 1 aromatic rings. The fraction of sp³-hybridized carbons (Fsp3) is 0.429. The molecule has 2 heteroatoms. The lowest BCUT2D eigenvalue weighted by Gasteiger charge is -2.35. The number of nitrogens with zero attached hydrogens (tertiary/aromatic N) is 2. The molecule has 16 heavy (non-hydrogen) atoms. The van der Waals surface area contributed by atoms with Crippen LogP contribution in [0.4, 0.5) is 5.69 Å². The number of hydrogen-bond donors (Lipinski definition) is 0. The van der Waals surface area contributed by atoms with Crippen LogP contribution in [0.3, 0.4) is 0 Å². The molecule has 0 amide bonds. The van der Waals surface area contributed by atoms with Crippen molar-refractivity contribution >= 4 is 5.69 Å². The molecule has 1 heterocycles. The summed E-state index contributed by atoms with van der Waals surface area (Å²) in [7, 11) is 0. The van der Waals surface area contributed by atoms with Crippen molar-refractivity contribution in [3.63, 3.8) is 0 Å². The fourth-order valence-electron chi connectivity index (χ4n) is 1.99. The smallest absolute Gasteiger partial charge is 0.0602 e. The van der Waals surface area contributed by atoms with Gasteiger partial charge in [-0.15, -0.1) is 5.92 Å². The van der Waals surface area contributed by atoms with Gasteiger partial charge in [0.2, 0.25) is 0 Å². The van der Waals surface area contributed by atoms with Gasteiger partial charge in [0.25, 0.3) is 0 Å². The minimum Gasteiger partial charge on any atom is -0.369 e. The van der Waals surface area contributed by atoms with E-state index < -0.39 is 0 Å². The summed E-state index contributed by atoms with van der Waals surface area (Å²) < 4.78 is 0. The zero-order valence-corrected chi connectivity index (χ0v) is 9.82. The Morgan fingerprint density at radius 1 is 1.06 bits per heavy atom. The first-order chi connectivity index (χ1) is 7.90. The van der Waals surface area contributed by atoms with E-state index >= 15 is 0 Å². The lowest BCUT2D eigenvalue weighted by molar-refractivity contribution is 0.288. The molecule has 1 saturated heterocycles. The number of piperazine rings is 1. The standard InChI is InChI=1S/C14H18N2/c1-2-3-9-15-10-12-16(13-11-15)14-7-5-4-6-8-14/h4-8H,9-13H2,1H3. The summed E-state index contributed by atoms with van der Waals surface area (Å²) >= 11 is 0. The number of anilines is 1. The van der Waals surface area contributed by atoms with Gasteiger partial charge in [-0.3, -0.25) is 4.90 Å². The topological polar surface area (TPSA) is 6.48 Å². The van der Waals surface area contributed by atoms with Gasteiger partial charge in [0, 0.05) is 31.9 Å². The van der Waals surface area contributed by atoms with Gasteiger partial charge < -0.3 is 4.90 Å². The van der Waals surface area contributed by atoms with Crippen molar-refractivity contribution in [3.8, 4) is 11.8 Å². The maximum absolute atomic E-state index is 3.13. The molecule has 2 rings (SSSR count). The zero-order chi connectivity index (χ0) is 11.2. The molecular weight excluding hydrogens is 196 g/mol. The van der Waals surface area contributed by atoms with E-state index in [1.165, 1.54) is 5.69 Å². The van der Waals surface area contributed by atoms with E-state index in [2.05, 4.69) is 52.0 Å². The number of rotatable bonds is 2. The van der Waals surface area contributed by atoms with Gasteiger partial charge in [0.15, 0.2) is 0 Å². The molecule has 0 atom stereocenters. The number of benzene rings is 1. The third-order valence-corrected chi connectivity index (χ3v) is 2.97. The summed E-state index contributed by atoms with van der Waals surface area (Å²) in [6.07, 6.45) is 0. The molecule has 0 aromatic heterocycles. The molecule has 1 aliphatic heterocycles. The molecular formula is C14H18N2. The summed E-state index contributed by atoms with van der Waals surface area (Å²) in [6.45, 7) is 7.26. The highest BCUT2D eigenvalue weighted by Crippen LogP contribution is 2.15. The minimum atomic E-state index is 0.916. The van der Waals surface area contributed by atoms with Crippen molar-refractivity contribution in [2.24, 2.45) is 0 Å². The monoisotopic (exact) mass is 214 g/mol. The Hall–Kier alpha value is -1.46. The summed E-state index contributed by atoms with van der Waals surface area (Å²) in [5.41, 5.74) is 1.34. The van der Waals surface area contributed by atoms with Crippen molar-refractivity contribution in [1.29, 1.82) is 0 Å². The highest BCUT2D eigenvalue weighted by molar-refractivity contribution is 5.46. The van der Waals surface area contributed by atoms with Crippen LogP contribution < -0.4 is 4.90 Å². The van der Waals surface area contributed by atoms with Gasteiger partial charge in [-0.05, 0) is 19.1 Å². The predicted octanol–water partition coefficient (Wildman–Crippen LogP) is 1.83. The molecule has 1 fully saturated rings.